The Morgan fingerprint density at radius 1 is 1.00 bits per heavy atom. The van der Waals surface area contributed by atoms with Crippen molar-refractivity contribution >= 4 is 9.84 Å². The number of nitrogens with two attached hydrogens (primary N) is 1. The van der Waals surface area contributed by atoms with E-state index in [4.69, 9.17) is 5.73 Å². The molecule has 2 rings (SSSR count). The first kappa shape index (κ1) is 9.46. The van der Waals surface area contributed by atoms with Crippen LogP contribution in [0.3, 0.4) is 0 Å². The zero-order valence-electron chi connectivity index (χ0n) is 7.78. The Labute approximate surface area is 79.6 Å². The number of rotatable bonds is 1. The lowest BCUT2D eigenvalue weighted by atomic mass is 9.71. The van der Waals surface area contributed by atoms with Gasteiger partial charge in [0.1, 0.15) is 9.84 Å². The molecule has 0 spiro atoms. The summed E-state index contributed by atoms with van der Waals surface area (Å²) in [7, 11) is -2.68. The monoisotopic (exact) mass is 203 g/mol. The summed E-state index contributed by atoms with van der Waals surface area (Å²) in [6, 6.07) is 0.392. The molecule has 3 nitrogen and oxygen atoms in total. The first-order chi connectivity index (χ1) is 6.07. The highest BCUT2D eigenvalue weighted by Crippen LogP contribution is 2.38. The molecule has 13 heavy (non-hydrogen) atoms. The van der Waals surface area contributed by atoms with Gasteiger partial charge in [-0.2, -0.15) is 0 Å². The summed E-state index contributed by atoms with van der Waals surface area (Å²) in [5.74, 6) is 2.18. The largest absolute Gasteiger partial charge is 0.328 e. The van der Waals surface area contributed by atoms with Gasteiger partial charge in [0.25, 0.3) is 0 Å². The lowest BCUT2D eigenvalue weighted by molar-refractivity contribution is 0.164. The van der Waals surface area contributed by atoms with Gasteiger partial charge >= 0.3 is 0 Å². The van der Waals surface area contributed by atoms with Crippen molar-refractivity contribution in [1.82, 2.24) is 0 Å². The van der Waals surface area contributed by atoms with E-state index in [1.165, 1.54) is 0 Å². The van der Waals surface area contributed by atoms with E-state index >= 15 is 0 Å². The molecule has 2 aliphatic rings. The number of hydrogen-bond acceptors (Lipinski definition) is 3. The van der Waals surface area contributed by atoms with Crippen LogP contribution >= 0.6 is 0 Å². The summed E-state index contributed by atoms with van der Waals surface area (Å²) in [6.07, 6.45) is 3.98. The van der Waals surface area contributed by atoms with Gasteiger partial charge in [-0.15, -0.1) is 0 Å². The topological polar surface area (TPSA) is 60.2 Å². The van der Waals surface area contributed by atoms with Crippen molar-refractivity contribution in [2.45, 2.75) is 31.7 Å². The second-order valence-electron chi connectivity index (χ2n) is 4.48. The average Bonchev–Trinajstić information content (AvgIpc) is 2.00. The molecule has 1 aliphatic carbocycles. The van der Waals surface area contributed by atoms with E-state index in [0.29, 0.717) is 23.5 Å². The predicted octanol–water partition coefficient (Wildman–Crippen LogP) is 0.548. The van der Waals surface area contributed by atoms with E-state index in [2.05, 4.69) is 0 Å². The fourth-order valence-electron chi connectivity index (χ4n) is 2.47. The van der Waals surface area contributed by atoms with Gasteiger partial charge in [0.05, 0.1) is 11.5 Å². The first-order valence-electron chi connectivity index (χ1n) is 5.03. The van der Waals surface area contributed by atoms with Gasteiger partial charge in [-0.1, -0.05) is 0 Å². The van der Waals surface area contributed by atoms with Crippen molar-refractivity contribution in [2.75, 3.05) is 11.5 Å². The van der Waals surface area contributed by atoms with Crippen LogP contribution in [0.2, 0.25) is 0 Å². The van der Waals surface area contributed by atoms with Gasteiger partial charge in [-0.05, 0) is 37.5 Å². The van der Waals surface area contributed by atoms with Crippen LogP contribution in [0.5, 0.6) is 0 Å². The highest BCUT2D eigenvalue weighted by molar-refractivity contribution is 7.91. The summed E-state index contributed by atoms with van der Waals surface area (Å²) >= 11 is 0. The molecule has 0 amide bonds. The van der Waals surface area contributed by atoms with Gasteiger partial charge in [0, 0.05) is 6.04 Å². The van der Waals surface area contributed by atoms with Gasteiger partial charge in [-0.3, -0.25) is 0 Å². The van der Waals surface area contributed by atoms with Crippen molar-refractivity contribution in [1.29, 1.82) is 0 Å². The molecule has 76 valence electrons. The quantitative estimate of drug-likeness (QED) is 0.677. The molecular weight excluding hydrogens is 186 g/mol. The van der Waals surface area contributed by atoms with E-state index in [1.54, 1.807) is 0 Å². The minimum absolute atomic E-state index is 0.392. The van der Waals surface area contributed by atoms with Crippen LogP contribution in [0.4, 0.5) is 0 Å². The maximum Gasteiger partial charge on any atom is 0.150 e. The third-order valence-corrected chi connectivity index (χ3v) is 5.19. The summed E-state index contributed by atoms with van der Waals surface area (Å²) in [5, 5.41) is 0. The highest BCUT2D eigenvalue weighted by atomic mass is 32.2. The van der Waals surface area contributed by atoms with Crippen LogP contribution in [-0.2, 0) is 9.84 Å². The zero-order chi connectivity index (χ0) is 9.47. The molecule has 4 heteroatoms. The second-order valence-corrected chi connectivity index (χ2v) is 6.78. The van der Waals surface area contributed by atoms with Crippen molar-refractivity contribution in [3.63, 3.8) is 0 Å². The second kappa shape index (κ2) is 3.24. The van der Waals surface area contributed by atoms with Crippen molar-refractivity contribution in [2.24, 2.45) is 17.6 Å². The highest BCUT2D eigenvalue weighted by Gasteiger charge is 2.35. The summed E-state index contributed by atoms with van der Waals surface area (Å²) in [6.45, 7) is 0. The Bertz CT molecular complexity index is 266. The lowest BCUT2D eigenvalue weighted by Gasteiger charge is -2.40. The normalized spacial score (nSPS) is 39.8. The van der Waals surface area contributed by atoms with E-state index in [1.807, 2.05) is 0 Å². The fourth-order valence-corrected chi connectivity index (χ4v) is 4.00. The first-order valence-corrected chi connectivity index (χ1v) is 6.85. The molecule has 2 fully saturated rings. The van der Waals surface area contributed by atoms with Gasteiger partial charge in [-0.25, -0.2) is 8.42 Å². The number of hydrogen-bond donors (Lipinski definition) is 1. The smallest absolute Gasteiger partial charge is 0.150 e. The van der Waals surface area contributed by atoms with Crippen molar-refractivity contribution in [3.05, 3.63) is 0 Å². The molecule has 0 aromatic heterocycles. The Morgan fingerprint density at radius 3 is 2.00 bits per heavy atom. The molecule has 0 aromatic carbocycles. The summed E-state index contributed by atoms with van der Waals surface area (Å²) in [4.78, 5) is 0. The maximum absolute atomic E-state index is 11.2. The van der Waals surface area contributed by atoms with Crippen LogP contribution in [0.15, 0.2) is 0 Å². The van der Waals surface area contributed by atoms with E-state index in [0.717, 1.165) is 31.6 Å². The average molecular weight is 203 g/mol. The van der Waals surface area contributed by atoms with E-state index < -0.39 is 9.84 Å². The molecule has 2 N–H and O–H groups in total. The van der Waals surface area contributed by atoms with E-state index in [9.17, 15) is 8.42 Å². The summed E-state index contributed by atoms with van der Waals surface area (Å²) in [5.41, 5.74) is 5.71. The molecular formula is C9H17NO2S. The molecule has 0 atom stereocenters. The molecule has 0 radical (unpaired) electrons. The van der Waals surface area contributed by atoms with Crippen LogP contribution in [0.25, 0.3) is 0 Å². The number of sulfone groups is 1. The Morgan fingerprint density at radius 2 is 1.54 bits per heavy atom. The van der Waals surface area contributed by atoms with Crippen molar-refractivity contribution in [3.8, 4) is 0 Å². The fraction of sp³-hybridized carbons (Fsp3) is 1.00. The van der Waals surface area contributed by atoms with Gasteiger partial charge in [0.15, 0.2) is 0 Å². The van der Waals surface area contributed by atoms with Gasteiger partial charge in [0.2, 0.25) is 0 Å². The van der Waals surface area contributed by atoms with Crippen LogP contribution < -0.4 is 5.73 Å². The molecule has 1 saturated heterocycles. The Balaban J connectivity index is 1.85. The van der Waals surface area contributed by atoms with E-state index in [-0.39, 0.29) is 0 Å². The molecule has 1 heterocycles. The molecule has 1 saturated carbocycles. The predicted molar refractivity (Wildman–Crippen MR) is 52.1 cm³/mol. The van der Waals surface area contributed by atoms with Crippen LogP contribution in [-0.4, -0.2) is 26.0 Å². The lowest BCUT2D eigenvalue weighted by Crippen LogP contribution is -2.42. The van der Waals surface area contributed by atoms with Crippen molar-refractivity contribution < 1.29 is 8.42 Å². The third-order valence-electron chi connectivity index (χ3n) is 3.48. The van der Waals surface area contributed by atoms with Crippen LogP contribution in [0.1, 0.15) is 25.7 Å². The summed E-state index contributed by atoms with van der Waals surface area (Å²) < 4.78 is 22.3. The van der Waals surface area contributed by atoms with Crippen LogP contribution in [0, 0.1) is 11.8 Å². The van der Waals surface area contributed by atoms with Gasteiger partial charge < -0.3 is 5.73 Å². The SMILES string of the molecule is NC1CC(C2CCS(=O)(=O)CC2)C1. The maximum atomic E-state index is 11.2. The minimum Gasteiger partial charge on any atom is -0.328 e. The minimum atomic E-state index is -2.68. The Hall–Kier alpha value is -0.0900. The standard InChI is InChI=1S/C9H17NO2S/c10-9-5-8(6-9)7-1-3-13(11,12)4-2-7/h7-9H,1-6,10H2. The third kappa shape index (κ3) is 2.05. The molecule has 0 bridgehead atoms. The Kier molecular flexibility index (Phi) is 2.36. The molecule has 0 aromatic rings. The zero-order valence-corrected chi connectivity index (χ0v) is 8.59. The molecule has 1 aliphatic heterocycles. The molecule has 0 unspecified atom stereocenters.